The number of rotatable bonds is 2. The van der Waals surface area contributed by atoms with Gasteiger partial charge in [0, 0.05) is 17.7 Å². The van der Waals surface area contributed by atoms with Crippen LogP contribution in [0.15, 0.2) is 30.3 Å². The summed E-state index contributed by atoms with van der Waals surface area (Å²) in [5.74, 6) is 0.582. The summed E-state index contributed by atoms with van der Waals surface area (Å²) in [5, 5.41) is 18.0. The van der Waals surface area contributed by atoms with E-state index in [-0.39, 0.29) is 11.9 Å². The lowest BCUT2D eigenvalue weighted by Gasteiger charge is -2.23. The van der Waals surface area contributed by atoms with Crippen LogP contribution in [0.2, 0.25) is 0 Å². The van der Waals surface area contributed by atoms with Crippen LogP contribution in [-0.2, 0) is 4.74 Å². The third-order valence-electron chi connectivity index (χ3n) is 3.56. The van der Waals surface area contributed by atoms with E-state index in [2.05, 4.69) is 10.2 Å². The van der Waals surface area contributed by atoms with Gasteiger partial charge in [0.25, 0.3) is 0 Å². The molecule has 20 heavy (non-hydrogen) atoms. The second-order valence-electron chi connectivity index (χ2n) is 4.94. The van der Waals surface area contributed by atoms with Gasteiger partial charge in [-0.2, -0.15) is 0 Å². The molecule has 0 bridgehead atoms. The Labute approximate surface area is 117 Å². The standard InChI is InChI=1S/C15H17N3O2/c16-15-11(14-7-3-4-8-20-14)9-12(17-18-15)10-5-1-2-6-13(10)19/h1-2,5-6,9,14,19H,3-4,7-8H2,(H2,16,18)/t14-/m0/s1. The molecule has 1 aliphatic heterocycles. The zero-order valence-corrected chi connectivity index (χ0v) is 11.1. The largest absolute Gasteiger partial charge is 0.507 e. The third kappa shape index (κ3) is 2.44. The molecule has 104 valence electrons. The molecule has 1 saturated heterocycles. The number of hydrogen-bond donors (Lipinski definition) is 2. The molecule has 0 radical (unpaired) electrons. The fraction of sp³-hybridized carbons (Fsp3) is 0.333. The number of aromatic hydroxyl groups is 1. The minimum Gasteiger partial charge on any atom is -0.507 e. The Morgan fingerprint density at radius 2 is 2.05 bits per heavy atom. The van der Waals surface area contributed by atoms with Gasteiger partial charge in [-0.1, -0.05) is 12.1 Å². The van der Waals surface area contributed by atoms with Crippen LogP contribution < -0.4 is 5.73 Å². The number of hydrogen-bond acceptors (Lipinski definition) is 5. The Balaban J connectivity index is 2.00. The molecule has 0 spiro atoms. The molecule has 3 N–H and O–H groups in total. The van der Waals surface area contributed by atoms with Crippen molar-refractivity contribution in [3.8, 4) is 17.0 Å². The molecule has 5 heteroatoms. The molecule has 2 aromatic rings. The topological polar surface area (TPSA) is 81.3 Å². The summed E-state index contributed by atoms with van der Waals surface area (Å²) >= 11 is 0. The summed E-state index contributed by atoms with van der Waals surface area (Å²) in [6.07, 6.45) is 3.12. The first-order valence-corrected chi connectivity index (χ1v) is 6.79. The van der Waals surface area contributed by atoms with Crippen molar-refractivity contribution >= 4 is 5.82 Å². The van der Waals surface area contributed by atoms with Crippen molar-refractivity contribution in [1.29, 1.82) is 0 Å². The van der Waals surface area contributed by atoms with E-state index in [0.29, 0.717) is 17.1 Å². The SMILES string of the molecule is Nc1nnc(-c2ccccc2O)cc1[C@@H]1CCCCO1. The van der Waals surface area contributed by atoms with Crippen LogP contribution in [0.5, 0.6) is 5.75 Å². The van der Waals surface area contributed by atoms with E-state index in [1.54, 1.807) is 18.2 Å². The molecule has 0 saturated carbocycles. The second kappa shape index (κ2) is 5.46. The smallest absolute Gasteiger partial charge is 0.151 e. The van der Waals surface area contributed by atoms with E-state index in [0.717, 1.165) is 31.4 Å². The van der Waals surface area contributed by atoms with E-state index in [1.807, 2.05) is 12.1 Å². The highest BCUT2D eigenvalue weighted by atomic mass is 16.5. The summed E-state index contributed by atoms with van der Waals surface area (Å²) in [6.45, 7) is 0.748. The molecule has 0 aliphatic carbocycles. The van der Waals surface area contributed by atoms with Crippen molar-refractivity contribution in [2.45, 2.75) is 25.4 Å². The van der Waals surface area contributed by atoms with Gasteiger partial charge in [0.15, 0.2) is 5.82 Å². The average molecular weight is 271 g/mol. The van der Waals surface area contributed by atoms with Crippen LogP contribution in [0.4, 0.5) is 5.82 Å². The van der Waals surface area contributed by atoms with Gasteiger partial charge < -0.3 is 15.6 Å². The fourth-order valence-electron chi connectivity index (χ4n) is 2.48. The lowest BCUT2D eigenvalue weighted by molar-refractivity contribution is 0.0152. The molecule has 1 aliphatic rings. The average Bonchev–Trinajstić information content (AvgIpc) is 2.49. The van der Waals surface area contributed by atoms with Crippen LogP contribution in [0, 0.1) is 0 Å². The molecule has 2 heterocycles. The van der Waals surface area contributed by atoms with Gasteiger partial charge in [-0.3, -0.25) is 0 Å². The minimum absolute atomic E-state index is 0.0242. The first-order chi connectivity index (χ1) is 9.75. The zero-order chi connectivity index (χ0) is 13.9. The van der Waals surface area contributed by atoms with Gasteiger partial charge in [0.1, 0.15) is 5.75 Å². The van der Waals surface area contributed by atoms with Crippen molar-refractivity contribution in [3.63, 3.8) is 0 Å². The van der Waals surface area contributed by atoms with Crippen LogP contribution in [0.25, 0.3) is 11.3 Å². The van der Waals surface area contributed by atoms with Gasteiger partial charge in [-0.05, 0) is 37.5 Å². The Hall–Kier alpha value is -2.14. The molecule has 1 aromatic carbocycles. The quantitative estimate of drug-likeness (QED) is 0.877. The molecule has 1 aromatic heterocycles. The highest BCUT2D eigenvalue weighted by Gasteiger charge is 2.20. The lowest BCUT2D eigenvalue weighted by atomic mass is 10.0. The van der Waals surface area contributed by atoms with Gasteiger partial charge in [-0.15, -0.1) is 10.2 Å². The highest BCUT2D eigenvalue weighted by molar-refractivity contribution is 5.67. The van der Waals surface area contributed by atoms with E-state index < -0.39 is 0 Å². The van der Waals surface area contributed by atoms with Gasteiger partial charge in [0.05, 0.1) is 11.8 Å². The van der Waals surface area contributed by atoms with Gasteiger partial charge in [0.2, 0.25) is 0 Å². The molecule has 0 unspecified atom stereocenters. The Morgan fingerprint density at radius 3 is 2.80 bits per heavy atom. The number of nitrogens with two attached hydrogens (primary N) is 1. The van der Waals surface area contributed by atoms with Gasteiger partial charge in [-0.25, -0.2) is 0 Å². The molecule has 1 atom stereocenters. The van der Waals surface area contributed by atoms with E-state index in [1.165, 1.54) is 0 Å². The van der Waals surface area contributed by atoms with Crippen molar-refractivity contribution in [1.82, 2.24) is 10.2 Å². The molecule has 1 fully saturated rings. The zero-order valence-electron chi connectivity index (χ0n) is 11.1. The van der Waals surface area contributed by atoms with Crippen molar-refractivity contribution in [3.05, 3.63) is 35.9 Å². The number of aromatic nitrogens is 2. The molecular formula is C15H17N3O2. The lowest BCUT2D eigenvalue weighted by Crippen LogP contribution is -2.14. The predicted octanol–water partition coefficient (Wildman–Crippen LogP) is 2.67. The number of phenols is 1. The van der Waals surface area contributed by atoms with Gasteiger partial charge >= 0.3 is 0 Å². The molecule has 3 rings (SSSR count). The normalized spacial score (nSPS) is 18.9. The third-order valence-corrected chi connectivity index (χ3v) is 3.56. The minimum atomic E-state index is -0.0242. The number of ether oxygens (including phenoxy) is 1. The summed E-state index contributed by atoms with van der Waals surface area (Å²) < 4.78 is 5.76. The highest BCUT2D eigenvalue weighted by Crippen LogP contribution is 2.34. The number of phenolic OH excluding ortho intramolecular Hbond substituents is 1. The number of anilines is 1. The maximum absolute atomic E-state index is 9.90. The maximum Gasteiger partial charge on any atom is 0.151 e. The Morgan fingerprint density at radius 1 is 1.20 bits per heavy atom. The predicted molar refractivity (Wildman–Crippen MR) is 76.1 cm³/mol. The van der Waals surface area contributed by atoms with E-state index in [4.69, 9.17) is 10.5 Å². The molecule has 0 amide bonds. The fourth-order valence-corrected chi connectivity index (χ4v) is 2.48. The van der Waals surface area contributed by atoms with Crippen molar-refractivity contribution in [2.75, 3.05) is 12.3 Å². The van der Waals surface area contributed by atoms with Crippen molar-refractivity contribution in [2.24, 2.45) is 0 Å². The Bertz CT molecular complexity index is 610. The summed E-state index contributed by atoms with van der Waals surface area (Å²) in [5.41, 5.74) is 8.04. The Kier molecular flexibility index (Phi) is 3.52. The molecular weight excluding hydrogens is 254 g/mol. The van der Waals surface area contributed by atoms with Crippen LogP contribution in [0.1, 0.15) is 30.9 Å². The number of benzene rings is 1. The number of para-hydroxylation sites is 1. The van der Waals surface area contributed by atoms with E-state index in [9.17, 15) is 5.11 Å². The summed E-state index contributed by atoms with van der Waals surface area (Å²) in [6, 6.07) is 8.93. The van der Waals surface area contributed by atoms with Crippen molar-refractivity contribution < 1.29 is 9.84 Å². The number of nitrogen functional groups attached to an aromatic ring is 1. The van der Waals surface area contributed by atoms with Crippen LogP contribution >= 0.6 is 0 Å². The maximum atomic E-state index is 9.90. The summed E-state index contributed by atoms with van der Waals surface area (Å²) in [4.78, 5) is 0. The second-order valence-corrected chi connectivity index (χ2v) is 4.94. The monoisotopic (exact) mass is 271 g/mol. The van der Waals surface area contributed by atoms with Crippen LogP contribution in [-0.4, -0.2) is 21.9 Å². The molecule has 5 nitrogen and oxygen atoms in total. The first-order valence-electron chi connectivity index (χ1n) is 6.79. The van der Waals surface area contributed by atoms with E-state index >= 15 is 0 Å². The first kappa shape index (κ1) is 12.9. The number of nitrogens with zero attached hydrogens (tertiary/aromatic N) is 2. The summed E-state index contributed by atoms with van der Waals surface area (Å²) in [7, 11) is 0. The van der Waals surface area contributed by atoms with Crippen LogP contribution in [0.3, 0.4) is 0 Å².